The lowest BCUT2D eigenvalue weighted by Gasteiger charge is -2.26. The molecule has 38 heavy (non-hydrogen) atoms. The molecule has 1 saturated heterocycles. The van der Waals surface area contributed by atoms with Crippen molar-refractivity contribution in [1.29, 1.82) is 0 Å². The van der Waals surface area contributed by atoms with Crippen LogP contribution in [0, 0.1) is 5.41 Å². The number of rotatable bonds is 15. The van der Waals surface area contributed by atoms with Crippen LogP contribution in [0.5, 0.6) is 0 Å². The highest BCUT2D eigenvalue weighted by molar-refractivity contribution is 8.13. The number of halogens is 1. The molecule has 1 aliphatic rings. The first-order valence-corrected chi connectivity index (χ1v) is 15.0. The summed E-state index contributed by atoms with van der Waals surface area (Å²) in [4.78, 5) is 47.8. The minimum absolute atomic E-state index is 0.0425. The SMILES string of the molecule is CC(C)OC(=O)C(C)NP(=O)(OCCSC(=O)C(C)(C)C)OCC1CC(Cl)C(N(C)/C=C\C(=O)NC=O)O1. The molecule has 0 aromatic rings. The lowest BCUT2D eigenvalue weighted by Crippen LogP contribution is -2.36. The van der Waals surface area contributed by atoms with E-state index < -0.39 is 48.8 Å². The molecule has 0 saturated carbocycles. The molecule has 218 valence electrons. The van der Waals surface area contributed by atoms with Crippen LogP contribution in [0.3, 0.4) is 0 Å². The van der Waals surface area contributed by atoms with Crippen molar-refractivity contribution in [1.82, 2.24) is 15.3 Å². The van der Waals surface area contributed by atoms with Gasteiger partial charge in [-0.1, -0.05) is 32.5 Å². The monoisotopic (exact) mass is 599 g/mol. The van der Waals surface area contributed by atoms with Crippen molar-refractivity contribution in [3.05, 3.63) is 12.3 Å². The average molecular weight is 600 g/mol. The summed E-state index contributed by atoms with van der Waals surface area (Å²) in [7, 11) is -2.39. The number of alkyl halides is 1. The molecule has 0 bridgehead atoms. The molecule has 0 aliphatic carbocycles. The predicted octanol–water partition coefficient (Wildman–Crippen LogP) is 2.80. The molecule has 1 rings (SSSR count). The quantitative estimate of drug-likeness (QED) is 0.0711. The van der Waals surface area contributed by atoms with Gasteiger partial charge in [-0.2, -0.15) is 0 Å². The summed E-state index contributed by atoms with van der Waals surface area (Å²) in [5, 5.41) is 4.05. The third-order valence-electron chi connectivity index (χ3n) is 4.87. The minimum Gasteiger partial charge on any atom is -0.462 e. The van der Waals surface area contributed by atoms with Gasteiger partial charge in [0.05, 0.1) is 30.8 Å². The van der Waals surface area contributed by atoms with Gasteiger partial charge in [0, 0.05) is 30.5 Å². The van der Waals surface area contributed by atoms with Gasteiger partial charge in [0.2, 0.25) is 6.41 Å². The van der Waals surface area contributed by atoms with Gasteiger partial charge < -0.3 is 14.4 Å². The number of hydrogen-bond donors (Lipinski definition) is 2. The number of esters is 1. The topological polar surface area (TPSA) is 150 Å². The van der Waals surface area contributed by atoms with Gasteiger partial charge in [0.25, 0.3) is 5.91 Å². The first kappa shape index (κ1) is 34.6. The molecule has 0 aromatic carbocycles. The van der Waals surface area contributed by atoms with Crippen molar-refractivity contribution in [3.63, 3.8) is 0 Å². The third-order valence-corrected chi connectivity index (χ3v) is 8.22. The Kier molecular flexibility index (Phi) is 14.5. The van der Waals surface area contributed by atoms with Gasteiger partial charge in [0.15, 0.2) is 5.12 Å². The van der Waals surface area contributed by atoms with E-state index in [0.717, 1.165) is 17.8 Å². The molecule has 0 radical (unpaired) electrons. The van der Waals surface area contributed by atoms with Crippen molar-refractivity contribution < 1.29 is 42.3 Å². The first-order valence-electron chi connectivity index (χ1n) is 12.1. The Morgan fingerprint density at radius 3 is 2.47 bits per heavy atom. The largest absolute Gasteiger partial charge is 0.462 e. The van der Waals surface area contributed by atoms with Gasteiger partial charge in [-0.3, -0.25) is 33.5 Å². The summed E-state index contributed by atoms with van der Waals surface area (Å²) in [6.45, 7) is 10.0. The molecular weight excluding hydrogens is 561 g/mol. The fourth-order valence-corrected chi connectivity index (χ4v) is 5.81. The van der Waals surface area contributed by atoms with E-state index in [1.807, 2.05) is 5.32 Å². The summed E-state index contributed by atoms with van der Waals surface area (Å²) in [5.41, 5.74) is -0.534. The Morgan fingerprint density at radius 1 is 1.24 bits per heavy atom. The molecular formula is C23H39ClN3O9PS. The van der Waals surface area contributed by atoms with Crippen LogP contribution in [0.25, 0.3) is 0 Å². The molecule has 2 N–H and O–H groups in total. The van der Waals surface area contributed by atoms with Crippen LogP contribution in [0.4, 0.5) is 0 Å². The second-order valence-electron chi connectivity index (χ2n) is 9.86. The zero-order valence-electron chi connectivity index (χ0n) is 22.8. The van der Waals surface area contributed by atoms with E-state index in [-0.39, 0.29) is 36.6 Å². The Morgan fingerprint density at radius 2 is 1.89 bits per heavy atom. The number of nitrogens with zero attached hydrogens (tertiary/aromatic N) is 1. The van der Waals surface area contributed by atoms with Gasteiger partial charge in [-0.25, -0.2) is 9.65 Å². The predicted molar refractivity (Wildman–Crippen MR) is 144 cm³/mol. The number of hydrogen-bond acceptors (Lipinski definition) is 11. The summed E-state index contributed by atoms with van der Waals surface area (Å²) >= 11 is 7.47. The highest BCUT2D eigenvalue weighted by Crippen LogP contribution is 2.45. The molecule has 5 unspecified atom stereocenters. The number of nitrogens with one attached hydrogen (secondary N) is 2. The molecule has 12 nitrogen and oxygen atoms in total. The van der Waals surface area contributed by atoms with Gasteiger partial charge in [-0.15, -0.1) is 11.6 Å². The Balaban J connectivity index is 2.80. The summed E-state index contributed by atoms with van der Waals surface area (Å²) in [6, 6.07) is -1.00. The maximum atomic E-state index is 13.5. The lowest BCUT2D eigenvalue weighted by molar-refractivity contribution is -0.149. The third kappa shape index (κ3) is 12.6. The van der Waals surface area contributed by atoms with Crippen molar-refractivity contribution in [3.8, 4) is 0 Å². The highest BCUT2D eigenvalue weighted by atomic mass is 35.5. The number of thioether (sulfide) groups is 1. The Labute approximate surface area is 233 Å². The zero-order valence-corrected chi connectivity index (χ0v) is 25.3. The second kappa shape index (κ2) is 16.0. The average Bonchev–Trinajstić information content (AvgIpc) is 3.18. The van der Waals surface area contributed by atoms with Crippen LogP contribution in [0.15, 0.2) is 12.3 Å². The molecule has 0 aromatic heterocycles. The maximum absolute atomic E-state index is 13.5. The summed E-state index contributed by atoms with van der Waals surface area (Å²) in [6.07, 6.45) is 1.61. The summed E-state index contributed by atoms with van der Waals surface area (Å²) < 4.78 is 35.7. The van der Waals surface area contributed by atoms with Crippen molar-refractivity contribution in [2.75, 3.05) is 26.0 Å². The zero-order chi connectivity index (χ0) is 29.1. The highest BCUT2D eigenvalue weighted by Gasteiger charge is 2.38. The van der Waals surface area contributed by atoms with E-state index >= 15 is 0 Å². The maximum Gasteiger partial charge on any atom is 0.406 e. The molecule has 1 fully saturated rings. The van der Waals surface area contributed by atoms with Gasteiger partial charge in [0.1, 0.15) is 12.3 Å². The summed E-state index contributed by atoms with van der Waals surface area (Å²) in [5.74, 6) is -1.00. The molecule has 5 atom stereocenters. The molecule has 0 spiro atoms. The van der Waals surface area contributed by atoms with Crippen molar-refractivity contribution in [2.24, 2.45) is 5.41 Å². The second-order valence-corrected chi connectivity index (χ2v) is 13.3. The van der Waals surface area contributed by atoms with Crippen LogP contribution in [0.1, 0.15) is 48.0 Å². The van der Waals surface area contributed by atoms with E-state index in [4.69, 9.17) is 30.1 Å². The normalized spacial score (nSPS) is 22.2. The standard InChI is InChI=1S/C23H39ClN3O9PS/c1-15(2)35-21(30)16(3)26-37(32,33-10-11-38-22(31)23(4,5)6)34-13-17-12-18(24)20(36-17)27(7)9-8-19(29)25-14-28/h8-9,14-18,20H,10-13H2,1-7H3,(H,26,32)(H,25,28,29)/b9-8-. The molecule has 1 aliphatic heterocycles. The number of amides is 2. The lowest BCUT2D eigenvalue weighted by atomic mass is 10.00. The van der Waals surface area contributed by atoms with Gasteiger partial charge in [-0.05, 0) is 27.2 Å². The van der Waals surface area contributed by atoms with E-state index in [9.17, 15) is 23.7 Å². The Hall–Kier alpha value is -1.47. The van der Waals surface area contributed by atoms with Crippen LogP contribution < -0.4 is 10.4 Å². The number of ether oxygens (including phenoxy) is 2. The number of carbonyl (C=O) groups excluding carboxylic acids is 4. The van der Waals surface area contributed by atoms with E-state index in [1.54, 1.807) is 46.6 Å². The molecule has 1 heterocycles. The van der Waals surface area contributed by atoms with Crippen LogP contribution >= 0.6 is 31.1 Å². The minimum atomic E-state index is -4.03. The smallest absolute Gasteiger partial charge is 0.406 e. The Bertz CT molecular complexity index is 900. The van der Waals surface area contributed by atoms with Crippen LogP contribution in [-0.4, -0.2) is 84.2 Å². The fourth-order valence-electron chi connectivity index (χ4n) is 2.97. The molecule has 2 amide bonds. The van der Waals surface area contributed by atoms with Crippen molar-refractivity contribution in [2.45, 2.75) is 77.8 Å². The van der Waals surface area contributed by atoms with Gasteiger partial charge >= 0.3 is 13.7 Å². The van der Waals surface area contributed by atoms with Crippen molar-refractivity contribution >= 4 is 54.5 Å². The van der Waals surface area contributed by atoms with E-state index in [1.165, 1.54) is 13.1 Å². The van der Waals surface area contributed by atoms with E-state index in [0.29, 0.717) is 6.42 Å². The first-order chi connectivity index (χ1) is 17.6. The number of carbonyl (C=O) groups is 4. The van der Waals surface area contributed by atoms with Crippen LogP contribution in [0.2, 0.25) is 0 Å². The molecule has 15 heteroatoms. The number of imide groups is 1. The van der Waals surface area contributed by atoms with Crippen LogP contribution in [-0.2, 0) is 42.3 Å². The van der Waals surface area contributed by atoms with E-state index in [2.05, 4.69) is 5.09 Å². The fraction of sp³-hybridized carbons (Fsp3) is 0.739.